The molecule has 10 heteroatoms. The molecule has 1 aromatic heterocycles. The van der Waals surface area contributed by atoms with Crippen molar-refractivity contribution in [3.8, 4) is 11.6 Å². The molecule has 2 saturated heterocycles. The molecule has 0 aliphatic carbocycles. The lowest BCUT2D eigenvalue weighted by Gasteiger charge is -2.42. The zero-order valence-corrected chi connectivity index (χ0v) is 22.8. The smallest absolute Gasteiger partial charge is 0.271 e. The summed E-state index contributed by atoms with van der Waals surface area (Å²) in [6.45, 7) is 8.67. The van der Waals surface area contributed by atoms with E-state index in [1.54, 1.807) is 24.3 Å². The fourth-order valence-corrected chi connectivity index (χ4v) is 5.28. The van der Waals surface area contributed by atoms with E-state index in [2.05, 4.69) is 49.2 Å². The normalized spacial score (nSPS) is 17.2. The van der Waals surface area contributed by atoms with E-state index in [-0.39, 0.29) is 11.5 Å². The van der Waals surface area contributed by atoms with E-state index in [9.17, 15) is 4.79 Å². The van der Waals surface area contributed by atoms with Gasteiger partial charge in [-0.1, -0.05) is 13.0 Å². The van der Waals surface area contributed by atoms with Gasteiger partial charge in [-0.3, -0.25) is 9.69 Å². The molecule has 3 heterocycles. The Morgan fingerprint density at radius 2 is 1.74 bits per heavy atom. The first-order valence-corrected chi connectivity index (χ1v) is 13.7. The van der Waals surface area contributed by atoms with Gasteiger partial charge in [0.15, 0.2) is 11.5 Å². The quantitative estimate of drug-likeness (QED) is 0.375. The summed E-state index contributed by atoms with van der Waals surface area (Å²) in [5.41, 5.74) is 14.7. The Morgan fingerprint density at radius 3 is 2.38 bits per heavy atom. The van der Waals surface area contributed by atoms with Crippen LogP contribution in [0.25, 0.3) is 0 Å². The molecule has 0 radical (unpaired) electrons. The van der Waals surface area contributed by atoms with E-state index in [1.165, 1.54) is 31.6 Å². The Hall–Kier alpha value is -3.89. The van der Waals surface area contributed by atoms with Crippen LogP contribution in [0.3, 0.4) is 0 Å². The number of nitrogens with two attached hydrogens (primary N) is 2. The van der Waals surface area contributed by atoms with Crippen molar-refractivity contribution in [2.75, 3.05) is 62.3 Å². The van der Waals surface area contributed by atoms with Crippen molar-refractivity contribution in [2.45, 2.75) is 32.2 Å². The number of aryl methyl sites for hydroxylation is 1. The van der Waals surface area contributed by atoms with Crippen molar-refractivity contribution in [3.05, 3.63) is 59.9 Å². The number of aromatic nitrogens is 2. The molecular formula is C29H38N8O2. The van der Waals surface area contributed by atoms with Crippen LogP contribution in [0.4, 0.5) is 22.9 Å². The number of anilines is 4. The van der Waals surface area contributed by atoms with Gasteiger partial charge >= 0.3 is 0 Å². The van der Waals surface area contributed by atoms with Gasteiger partial charge in [-0.2, -0.15) is 4.98 Å². The van der Waals surface area contributed by atoms with Crippen LogP contribution in [0.5, 0.6) is 11.6 Å². The number of likely N-dealkylation sites (N-methyl/N-ethyl adjacent to an activating group) is 1. The molecule has 2 fully saturated rings. The van der Waals surface area contributed by atoms with Crippen LogP contribution < -0.4 is 26.4 Å². The maximum absolute atomic E-state index is 12.2. The van der Waals surface area contributed by atoms with Gasteiger partial charge in [0.2, 0.25) is 5.88 Å². The summed E-state index contributed by atoms with van der Waals surface area (Å²) in [5.74, 6) is 0.433. The Labute approximate surface area is 230 Å². The number of nitrogens with zero attached hydrogens (tertiary/aromatic N) is 5. The lowest BCUT2D eigenvalue weighted by molar-refractivity contribution is 0.0982. The molecule has 5 N–H and O–H groups in total. The average molecular weight is 531 g/mol. The highest BCUT2D eigenvalue weighted by Crippen LogP contribution is 2.30. The standard InChI is InChI=1S/C29H38N8O2/c1-3-25-29(39-24-6-4-5-20(30)19-24)34-28(26(33-25)27(31)38)32-21-7-9-22(10-8-21)36-13-11-23(12-14-36)37-17-15-35(2)16-18-37/h4-10,19,23H,3,11-18,30H2,1-2H3,(H2,31,38)(H,32,34). The van der Waals surface area contributed by atoms with Gasteiger partial charge in [0.05, 0.1) is 0 Å². The minimum absolute atomic E-state index is 0.0711. The Balaban J connectivity index is 1.28. The highest BCUT2D eigenvalue weighted by atomic mass is 16.5. The second-order valence-electron chi connectivity index (χ2n) is 10.3. The summed E-state index contributed by atoms with van der Waals surface area (Å²) in [6.07, 6.45) is 2.88. The number of carbonyl (C=O) groups excluding carboxylic acids is 1. The van der Waals surface area contributed by atoms with Crippen molar-refractivity contribution < 1.29 is 9.53 Å². The molecule has 2 aliphatic heterocycles. The van der Waals surface area contributed by atoms with Crippen LogP contribution in [0.15, 0.2) is 48.5 Å². The minimum atomic E-state index is -0.657. The number of primary amides is 1. The van der Waals surface area contributed by atoms with Crippen molar-refractivity contribution >= 4 is 28.8 Å². The second kappa shape index (κ2) is 11.9. The third-order valence-electron chi connectivity index (χ3n) is 7.59. The number of hydrogen-bond acceptors (Lipinski definition) is 9. The lowest BCUT2D eigenvalue weighted by Crippen LogP contribution is -2.52. The summed E-state index contributed by atoms with van der Waals surface area (Å²) < 4.78 is 5.99. The van der Waals surface area contributed by atoms with E-state index in [0.29, 0.717) is 35.5 Å². The molecule has 0 bridgehead atoms. The minimum Gasteiger partial charge on any atom is -0.437 e. The van der Waals surface area contributed by atoms with Gasteiger partial charge in [-0.05, 0) is 62.7 Å². The Kier molecular flexibility index (Phi) is 8.13. The summed E-state index contributed by atoms with van der Waals surface area (Å²) >= 11 is 0. The average Bonchev–Trinajstić information content (AvgIpc) is 2.94. The monoisotopic (exact) mass is 530 g/mol. The summed E-state index contributed by atoms with van der Waals surface area (Å²) in [7, 11) is 2.20. The first-order chi connectivity index (χ1) is 18.9. The second-order valence-corrected chi connectivity index (χ2v) is 10.3. The molecule has 0 saturated carbocycles. The lowest BCUT2D eigenvalue weighted by atomic mass is 10.0. The number of amides is 1. The van der Waals surface area contributed by atoms with Gasteiger partial charge in [-0.25, -0.2) is 4.98 Å². The van der Waals surface area contributed by atoms with Crippen LogP contribution >= 0.6 is 0 Å². The molecule has 3 aromatic rings. The molecule has 0 atom stereocenters. The Bertz CT molecular complexity index is 1280. The number of rotatable bonds is 8. The van der Waals surface area contributed by atoms with Crippen LogP contribution in [0.2, 0.25) is 0 Å². The topological polar surface area (TPSA) is 126 Å². The molecule has 2 aromatic carbocycles. The molecule has 5 rings (SSSR count). The number of hydrogen-bond donors (Lipinski definition) is 3. The molecule has 0 spiro atoms. The molecule has 0 unspecified atom stereocenters. The summed E-state index contributed by atoms with van der Waals surface area (Å²) in [5, 5.41) is 3.22. The predicted octanol–water partition coefficient (Wildman–Crippen LogP) is 3.47. The van der Waals surface area contributed by atoms with E-state index >= 15 is 0 Å². The fourth-order valence-electron chi connectivity index (χ4n) is 5.28. The van der Waals surface area contributed by atoms with Gasteiger partial charge < -0.3 is 31.3 Å². The SMILES string of the molecule is CCc1nc(C(N)=O)c(Nc2ccc(N3CCC(N4CCN(C)CC4)CC3)cc2)nc1Oc1cccc(N)c1. The van der Waals surface area contributed by atoms with Crippen molar-refractivity contribution in [1.29, 1.82) is 0 Å². The van der Waals surface area contributed by atoms with Crippen LogP contribution in [-0.4, -0.2) is 78.0 Å². The summed E-state index contributed by atoms with van der Waals surface area (Å²) in [6, 6.07) is 15.9. The number of piperazine rings is 1. The number of ether oxygens (including phenoxy) is 1. The number of carbonyl (C=O) groups is 1. The molecule has 2 aliphatic rings. The molecule has 39 heavy (non-hydrogen) atoms. The van der Waals surface area contributed by atoms with Crippen molar-refractivity contribution in [2.24, 2.45) is 5.73 Å². The maximum atomic E-state index is 12.2. The fraction of sp³-hybridized carbons (Fsp3) is 0.414. The third-order valence-corrected chi connectivity index (χ3v) is 7.59. The highest BCUT2D eigenvalue weighted by molar-refractivity contribution is 5.96. The highest BCUT2D eigenvalue weighted by Gasteiger charge is 2.27. The summed E-state index contributed by atoms with van der Waals surface area (Å²) in [4.78, 5) is 28.8. The first kappa shape index (κ1) is 26.7. The van der Waals surface area contributed by atoms with Gasteiger partial charge in [0.25, 0.3) is 5.91 Å². The van der Waals surface area contributed by atoms with Gasteiger partial charge in [0, 0.05) is 68.4 Å². The van der Waals surface area contributed by atoms with Crippen LogP contribution in [-0.2, 0) is 6.42 Å². The predicted molar refractivity (Wildman–Crippen MR) is 155 cm³/mol. The van der Waals surface area contributed by atoms with E-state index in [0.717, 1.165) is 31.9 Å². The van der Waals surface area contributed by atoms with E-state index in [4.69, 9.17) is 16.2 Å². The maximum Gasteiger partial charge on any atom is 0.271 e. The zero-order valence-electron chi connectivity index (χ0n) is 22.8. The number of nitrogens with one attached hydrogen (secondary N) is 1. The zero-order chi connectivity index (χ0) is 27.4. The largest absolute Gasteiger partial charge is 0.437 e. The van der Waals surface area contributed by atoms with Gasteiger partial charge in [-0.15, -0.1) is 0 Å². The molecule has 1 amide bonds. The first-order valence-electron chi connectivity index (χ1n) is 13.7. The molecular weight excluding hydrogens is 492 g/mol. The van der Waals surface area contributed by atoms with Crippen molar-refractivity contribution in [1.82, 2.24) is 19.8 Å². The molecule has 10 nitrogen and oxygen atoms in total. The van der Waals surface area contributed by atoms with E-state index in [1.807, 2.05) is 19.1 Å². The Morgan fingerprint density at radius 1 is 1.03 bits per heavy atom. The number of nitrogen functional groups attached to an aromatic ring is 1. The third kappa shape index (κ3) is 6.40. The van der Waals surface area contributed by atoms with Gasteiger partial charge in [0.1, 0.15) is 11.4 Å². The van der Waals surface area contributed by atoms with Crippen LogP contribution in [0.1, 0.15) is 35.9 Å². The number of piperidine rings is 1. The molecule has 206 valence electrons. The van der Waals surface area contributed by atoms with Crippen molar-refractivity contribution in [3.63, 3.8) is 0 Å². The van der Waals surface area contributed by atoms with Crippen LogP contribution in [0, 0.1) is 0 Å². The van der Waals surface area contributed by atoms with E-state index < -0.39 is 5.91 Å². The number of benzene rings is 2.